The van der Waals surface area contributed by atoms with Gasteiger partial charge in [-0.05, 0) is 43.9 Å². The fourth-order valence-electron chi connectivity index (χ4n) is 3.58. The third kappa shape index (κ3) is 4.49. The molecule has 0 fully saturated rings. The van der Waals surface area contributed by atoms with E-state index in [9.17, 15) is 9.59 Å². The number of carbonyl (C=O) groups is 1. The molecule has 0 radical (unpaired) electrons. The second-order valence-corrected chi connectivity index (χ2v) is 9.97. The zero-order valence-electron chi connectivity index (χ0n) is 18.5. The van der Waals surface area contributed by atoms with Crippen molar-refractivity contribution in [3.05, 3.63) is 74.9 Å². The third-order valence-corrected chi connectivity index (χ3v) is 7.29. The van der Waals surface area contributed by atoms with Gasteiger partial charge in [-0.15, -0.1) is 11.3 Å². The van der Waals surface area contributed by atoms with Crippen LogP contribution in [0, 0.1) is 13.8 Å². The van der Waals surface area contributed by atoms with Crippen LogP contribution < -0.4 is 10.9 Å². The first-order chi connectivity index (χ1) is 15.4. The summed E-state index contributed by atoms with van der Waals surface area (Å²) in [6, 6.07) is 14.1. The Kier molecular flexibility index (Phi) is 6.48. The number of fused-ring (bicyclic) bond motifs is 1. The number of anilines is 1. The SMILES string of the molecule is CCc1cccc(C)c1NC(=O)C(C)Sc1nc2scc(-c3ccc(C)cc3)c2c(=O)[nH]1. The summed E-state index contributed by atoms with van der Waals surface area (Å²) in [4.78, 5) is 33.9. The van der Waals surface area contributed by atoms with Crippen LogP contribution in [0.1, 0.15) is 30.5 Å². The van der Waals surface area contributed by atoms with Crippen LogP contribution in [0.25, 0.3) is 21.3 Å². The number of carbonyl (C=O) groups excluding carboxylic acids is 1. The maximum atomic E-state index is 12.9. The number of thioether (sulfide) groups is 1. The lowest BCUT2D eigenvalue weighted by Gasteiger charge is -2.16. The van der Waals surface area contributed by atoms with E-state index in [1.165, 1.54) is 28.7 Å². The van der Waals surface area contributed by atoms with E-state index in [4.69, 9.17) is 0 Å². The van der Waals surface area contributed by atoms with Gasteiger partial charge in [0.2, 0.25) is 5.91 Å². The van der Waals surface area contributed by atoms with Crippen molar-refractivity contribution in [2.45, 2.75) is 44.5 Å². The van der Waals surface area contributed by atoms with Gasteiger partial charge in [0.05, 0.1) is 10.6 Å². The number of aromatic nitrogens is 2. The first-order valence-corrected chi connectivity index (χ1v) is 12.3. The molecule has 32 heavy (non-hydrogen) atoms. The predicted molar refractivity (Wildman–Crippen MR) is 135 cm³/mol. The highest BCUT2D eigenvalue weighted by Gasteiger charge is 2.20. The predicted octanol–water partition coefficient (Wildman–Crippen LogP) is 5.95. The van der Waals surface area contributed by atoms with Crippen molar-refractivity contribution in [3.8, 4) is 11.1 Å². The summed E-state index contributed by atoms with van der Waals surface area (Å²) in [5.41, 5.74) is 5.86. The molecular weight excluding hydrogens is 438 g/mol. The maximum absolute atomic E-state index is 12.9. The molecule has 2 aromatic heterocycles. The van der Waals surface area contributed by atoms with E-state index < -0.39 is 5.25 Å². The Labute approximate surface area is 195 Å². The molecule has 1 amide bonds. The van der Waals surface area contributed by atoms with Crippen molar-refractivity contribution in [2.24, 2.45) is 0 Å². The Morgan fingerprint density at radius 3 is 2.66 bits per heavy atom. The van der Waals surface area contributed by atoms with E-state index in [0.717, 1.165) is 34.4 Å². The number of amides is 1. The molecule has 5 nitrogen and oxygen atoms in total. The summed E-state index contributed by atoms with van der Waals surface area (Å²) >= 11 is 2.70. The van der Waals surface area contributed by atoms with Gasteiger partial charge in [0.15, 0.2) is 5.16 Å². The number of benzene rings is 2. The van der Waals surface area contributed by atoms with Gasteiger partial charge >= 0.3 is 0 Å². The number of nitrogens with zero attached hydrogens (tertiary/aromatic N) is 1. The number of hydrogen-bond donors (Lipinski definition) is 2. The fourth-order valence-corrected chi connectivity index (χ4v) is 5.38. The lowest BCUT2D eigenvalue weighted by atomic mass is 10.1. The van der Waals surface area contributed by atoms with Gasteiger partial charge in [0, 0.05) is 16.6 Å². The van der Waals surface area contributed by atoms with Gasteiger partial charge in [-0.1, -0.05) is 66.7 Å². The number of aromatic amines is 1. The quantitative estimate of drug-likeness (QED) is 0.274. The molecule has 0 aliphatic heterocycles. The molecule has 1 unspecified atom stereocenters. The normalized spacial score (nSPS) is 12.1. The Bertz CT molecular complexity index is 1340. The molecule has 7 heteroatoms. The van der Waals surface area contributed by atoms with E-state index in [2.05, 4.69) is 22.2 Å². The molecule has 2 heterocycles. The molecule has 164 valence electrons. The zero-order chi connectivity index (χ0) is 22.8. The second kappa shape index (κ2) is 9.30. The molecule has 0 bridgehead atoms. The molecule has 0 saturated heterocycles. The van der Waals surface area contributed by atoms with Gasteiger partial charge in [-0.25, -0.2) is 4.98 Å². The highest BCUT2D eigenvalue weighted by atomic mass is 32.2. The summed E-state index contributed by atoms with van der Waals surface area (Å²) < 4.78 is 0. The van der Waals surface area contributed by atoms with Crippen molar-refractivity contribution in [1.29, 1.82) is 0 Å². The molecule has 1 atom stereocenters. The topological polar surface area (TPSA) is 74.8 Å². The highest BCUT2D eigenvalue weighted by molar-refractivity contribution is 8.00. The summed E-state index contributed by atoms with van der Waals surface area (Å²) in [7, 11) is 0. The van der Waals surface area contributed by atoms with Crippen molar-refractivity contribution in [3.63, 3.8) is 0 Å². The first kappa shape index (κ1) is 22.3. The highest BCUT2D eigenvalue weighted by Crippen LogP contribution is 2.32. The van der Waals surface area contributed by atoms with Gasteiger partial charge in [-0.2, -0.15) is 0 Å². The maximum Gasteiger partial charge on any atom is 0.260 e. The van der Waals surface area contributed by atoms with Crippen LogP contribution in [-0.2, 0) is 11.2 Å². The number of rotatable bonds is 6. The smallest absolute Gasteiger partial charge is 0.260 e. The first-order valence-electron chi connectivity index (χ1n) is 10.5. The second-order valence-electron chi connectivity index (χ2n) is 7.78. The average Bonchev–Trinajstić information content (AvgIpc) is 3.20. The van der Waals surface area contributed by atoms with Gasteiger partial charge in [-0.3, -0.25) is 9.59 Å². The number of aryl methyl sites for hydroxylation is 3. The third-order valence-electron chi connectivity index (χ3n) is 5.43. The van der Waals surface area contributed by atoms with E-state index in [1.54, 1.807) is 0 Å². The largest absolute Gasteiger partial charge is 0.325 e. The van der Waals surface area contributed by atoms with Crippen LogP contribution >= 0.6 is 23.1 Å². The molecular formula is C25H25N3O2S2. The Morgan fingerprint density at radius 1 is 1.19 bits per heavy atom. The fraction of sp³-hybridized carbons (Fsp3) is 0.240. The summed E-state index contributed by atoms with van der Waals surface area (Å²) in [6.07, 6.45) is 0.839. The number of H-pyrrole nitrogens is 1. The van der Waals surface area contributed by atoms with Crippen molar-refractivity contribution in [1.82, 2.24) is 9.97 Å². The van der Waals surface area contributed by atoms with E-state index in [-0.39, 0.29) is 11.5 Å². The monoisotopic (exact) mass is 463 g/mol. The standard InChI is InChI=1S/C25H25N3O2S2/c1-5-17-8-6-7-15(3)21(17)26-22(29)16(4)32-25-27-23(30)20-19(13-31-24(20)28-25)18-11-9-14(2)10-12-18/h6-13,16H,5H2,1-4H3,(H,26,29)(H,27,28,30). The molecule has 0 aliphatic carbocycles. The molecule has 4 rings (SSSR count). The molecule has 0 spiro atoms. The lowest BCUT2D eigenvalue weighted by molar-refractivity contribution is -0.115. The molecule has 2 aromatic carbocycles. The lowest BCUT2D eigenvalue weighted by Crippen LogP contribution is -2.24. The number of para-hydroxylation sites is 1. The van der Waals surface area contributed by atoms with Crippen molar-refractivity contribution >= 4 is 44.9 Å². The minimum atomic E-state index is -0.420. The zero-order valence-corrected chi connectivity index (χ0v) is 20.1. The minimum absolute atomic E-state index is 0.117. The summed E-state index contributed by atoms with van der Waals surface area (Å²) in [5.74, 6) is -0.117. The van der Waals surface area contributed by atoms with Crippen LogP contribution in [0.3, 0.4) is 0 Å². The number of nitrogens with one attached hydrogen (secondary N) is 2. The molecule has 0 saturated carbocycles. The molecule has 0 aliphatic rings. The number of hydrogen-bond acceptors (Lipinski definition) is 5. The Balaban J connectivity index is 1.56. The van der Waals surface area contributed by atoms with E-state index in [0.29, 0.717) is 15.4 Å². The van der Waals surface area contributed by atoms with E-state index in [1.807, 2.05) is 68.6 Å². The van der Waals surface area contributed by atoms with Crippen LogP contribution in [0.15, 0.2) is 57.8 Å². The Morgan fingerprint density at radius 2 is 1.94 bits per heavy atom. The van der Waals surface area contributed by atoms with Crippen LogP contribution in [0.2, 0.25) is 0 Å². The summed E-state index contributed by atoms with van der Waals surface area (Å²) in [5, 5.41) is 5.64. The number of thiophene rings is 1. The van der Waals surface area contributed by atoms with Crippen LogP contribution in [0.4, 0.5) is 5.69 Å². The van der Waals surface area contributed by atoms with Gasteiger partial charge in [0.25, 0.3) is 5.56 Å². The van der Waals surface area contributed by atoms with Crippen molar-refractivity contribution < 1.29 is 4.79 Å². The molecule has 2 N–H and O–H groups in total. The minimum Gasteiger partial charge on any atom is -0.325 e. The van der Waals surface area contributed by atoms with Crippen LogP contribution in [-0.4, -0.2) is 21.1 Å². The average molecular weight is 464 g/mol. The van der Waals surface area contributed by atoms with Gasteiger partial charge < -0.3 is 10.3 Å². The van der Waals surface area contributed by atoms with Gasteiger partial charge in [0.1, 0.15) is 4.83 Å². The van der Waals surface area contributed by atoms with Crippen molar-refractivity contribution in [2.75, 3.05) is 5.32 Å². The molecule has 4 aromatic rings. The summed E-state index contributed by atoms with van der Waals surface area (Å²) in [6.45, 7) is 7.91. The van der Waals surface area contributed by atoms with E-state index >= 15 is 0 Å². The van der Waals surface area contributed by atoms with Crippen LogP contribution in [0.5, 0.6) is 0 Å². The Hall–Kier alpha value is -2.90.